The highest BCUT2D eigenvalue weighted by atomic mass is 16.5. The zero-order chi connectivity index (χ0) is 18.2. The summed E-state index contributed by atoms with van der Waals surface area (Å²) in [5.41, 5.74) is 3.33. The van der Waals surface area contributed by atoms with Crippen LogP contribution in [0.4, 0.5) is 0 Å². The molecule has 130 valence electrons. The molecule has 1 N–H and O–H groups in total. The van der Waals surface area contributed by atoms with E-state index in [0.29, 0.717) is 24.5 Å². The first-order valence-electron chi connectivity index (χ1n) is 8.33. The standard InChI is InChI=1S/C22H19NO3/c24-22(25)20-13-11-17(12-14-20)8-4-9-19-10-5-15-23-21(19)26-16-18-6-2-1-3-7-18/h1-7,9-15H,8,16H2,(H,24,25)/b9-4+. The summed E-state index contributed by atoms with van der Waals surface area (Å²) in [6.45, 7) is 0.468. The van der Waals surface area contributed by atoms with E-state index in [-0.39, 0.29) is 0 Å². The Bertz CT molecular complexity index is 887. The van der Waals surface area contributed by atoms with Crippen LogP contribution in [0.2, 0.25) is 0 Å². The van der Waals surface area contributed by atoms with Gasteiger partial charge in [0, 0.05) is 11.8 Å². The van der Waals surface area contributed by atoms with Gasteiger partial charge in [-0.2, -0.15) is 0 Å². The van der Waals surface area contributed by atoms with Crippen LogP contribution in [0.25, 0.3) is 6.08 Å². The summed E-state index contributed by atoms with van der Waals surface area (Å²) in [5.74, 6) is -0.323. The molecule has 0 saturated carbocycles. The van der Waals surface area contributed by atoms with Crippen LogP contribution in [0.3, 0.4) is 0 Å². The first-order valence-corrected chi connectivity index (χ1v) is 8.33. The maximum absolute atomic E-state index is 10.9. The predicted octanol–water partition coefficient (Wildman–Crippen LogP) is 4.61. The predicted molar refractivity (Wildman–Crippen MR) is 101 cm³/mol. The Morgan fingerprint density at radius 3 is 2.46 bits per heavy atom. The third kappa shape index (κ3) is 4.80. The van der Waals surface area contributed by atoms with Crippen molar-refractivity contribution in [2.45, 2.75) is 13.0 Å². The zero-order valence-electron chi connectivity index (χ0n) is 14.2. The molecule has 4 nitrogen and oxygen atoms in total. The number of aromatic nitrogens is 1. The van der Waals surface area contributed by atoms with Gasteiger partial charge in [0.05, 0.1) is 5.56 Å². The summed E-state index contributed by atoms with van der Waals surface area (Å²) in [4.78, 5) is 15.2. The molecule has 3 aromatic rings. The fourth-order valence-electron chi connectivity index (χ4n) is 2.48. The lowest BCUT2D eigenvalue weighted by atomic mass is 10.1. The molecule has 0 spiro atoms. The number of ether oxygens (including phenoxy) is 1. The van der Waals surface area contributed by atoms with E-state index in [1.807, 2.05) is 66.7 Å². The van der Waals surface area contributed by atoms with Crippen molar-refractivity contribution in [3.63, 3.8) is 0 Å². The van der Waals surface area contributed by atoms with Crippen molar-refractivity contribution < 1.29 is 14.6 Å². The lowest BCUT2D eigenvalue weighted by molar-refractivity contribution is 0.0697. The number of pyridine rings is 1. The van der Waals surface area contributed by atoms with Gasteiger partial charge >= 0.3 is 5.97 Å². The number of benzene rings is 2. The molecule has 4 heteroatoms. The summed E-state index contributed by atoms with van der Waals surface area (Å²) < 4.78 is 5.84. The fraction of sp³-hybridized carbons (Fsp3) is 0.0909. The summed E-state index contributed by atoms with van der Waals surface area (Å²) in [6, 6.07) is 20.7. The highest BCUT2D eigenvalue weighted by Gasteiger charge is 2.03. The zero-order valence-corrected chi connectivity index (χ0v) is 14.2. The Kier molecular flexibility index (Phi) is 5.78. The number of hydrogen-bond acceptors (Lipinski definition) is 3. The van der Waals surface area contributed by atoms with Gasteiger partial charge in [-0.1, -0.05) is 54.6 Å². The van der Waals surface area contributed by atoms with Crippen LogP contribution in [0.5, 0.6) is 5.88 Å². The SMILES string of the molecule is O=C(O)c1ccc(C/C=C/c2cccnc2OCc2ccccc2)cc1. The molecule has 0 fully saturated rings. The number of carboxylic acid groups (broad SMARTS) is 1. The molecule has 1 aromatic heterocycles. The Balaban J connectivity index is 1.64. The molecule has 0 aliphatic carbocycles. The van der Waals surface area contributed by atoms with Crippen molar-refractivity contribution in [1.29, 1.82) is 0 Å². The second-order valence-corrected chi connectivity index (χ2v) is 5.78. The second-order valence-electron chi connectivity index (χ2n) is 5.78. The van der Waals surface area contributed by atoms with Gasteiger partial charge in [-0.05, 0) is 41.8 Å². The van der Waals surface area contributed by atoms with Crippen LogP contribution in [-0.4, -0.2) is 16.1 Å². The number of nitrogens with zero attached hydrogens (tertiary/aromatic N) is 1. The minimum absolute atomic E-state index is 0.293. The van der Waals surface area contributed by atoms with E-state index < -0.39 is 5.97 Å². The van der Waals surface area contributed by atoms with E-state index in [1.165, 1.54) is 0 Å². The third-order valence-electron chi connectivity index (χ3n) is 3.87. The first-order chi connectivity index (χ1) is 12.7. The van der Waals surface area contributed by atoms with Crippen molar-refractivity contribution in [3.8, 4) is 5.88 Å². The van der Waals surface area contributed by atoms with Crippen LogP contribution in [0, 0.1) is 0 Å². The number of aromatic carboxylic acids is 1. The Morgan fingerprint density at radius 2 is 1.73 bits per heavy atom. The maximum atomic E-state index is 10.9. The molecule has 0 unspecified atom stereocenters. The molecule has 26 heavy (non-hydrogen) atoms. The van der Waals surface area contributed by atoms with E-state index in [2.05, 4.69) is 4.98 Å². The van der Waals surface area contributed by atoms with Gasteiger partial charge in [-0.25, -0.2) is 9.78 Å². The Labute approximate surface area is 152 Å². The summed E-state index contributed by atoms with van der Waals surface area (Å²) in [6.07, 6.45) is 6.40. The Morgan fingerprint density at radius 1 is 0.962 bits per heavy atom. The van der Waals surface area contributed by atoms with Gasteiger partial charge in [0.25, 0.3) is 0 Å². The van der Waals surface area contributed by atoms with E-state index in [1.54, 1.807) is 18.3 Å². The van der Waals surface area contributed by atoms with Crippen molar-refractivity contribution >= 4 is 12.0 Å². The van der Waals surface area contributed by atoms with Gasteiger partial charge in [0.2, 0.25) is 5.88 Å². The van der Waals surface area contributed by atoms with Crippen molar-refractivity contribution in [2.75, 3.05) is 0 Å². The second kappa shape index (κ2) is 8.62. The largest absolute Gasteiger partial charge is 0.478 e. The van der Waals surface area contributed by atoms with Gasteiger partial charge in [0.15, 0.2) is 0 Å². The quantitative estimate of drug-likeness (QED) is 0.679. The first kappa shape index (κ1) is 17.4. The van der Waals surface area contributed by atoms with E-state index >= 15 is 0 Å². The summed E-state index contributed by atoms with van der Waals surface area (Å²) >= 11 is 0. The third-order valence-corrected chi connectivity index (χ3v) is 3.87. The molecule has 0 amide bonds. The number of allylic oxidation sites excluding steroid dienone is 1. The van der Waals surface area contributed by atoms with Crippen LogP contribution >= 0.6 is 0 Å². The van der Waals surface area contributed by atoms with E-state index in [4.69, 9.17) is 9.84 Å². The molecule has 0 aliphatic heterocycles. The van der Waals surface area contributed by atoms with Gasteiger partial charge in [-0.3, -0.25) is 0 Å². The van der Waals surface area contributed by atoms with Gasteiger partial charge in [0.1, 0.15) is 6.61 Å². The minimum Gasteiger partial charge on any atom is -0.478 e. The van der Waals surface area contributed by atoms with Crippen LogP contribution in [0.15, 0.2) is 79.0 Å². The Hall–Kier alpha value is -3.40. The lowest BCUT2D eigenvalue weighted by Crippen LogP contribution is -1.98. The smallest absolute Gasteiger partial charge is 0.335 e. The topological polar surface area (TPSA) is 59.4 Å². The van der Waals surface area contributed by atoms with Crippen molar-refractivity contribution in [1.82, 2.24) is 4.98 Å². The lowest BCUT2D eigenvalue weighted by Gasteiger charge is -2.08. The number of rotatable bonds is 7. The molecule has 0 saturated heterocycles. The molecular weight excluding hydrogens is 326 g/mol. The van der Waals surface area contributed by atoms with Crippen LogP contribution in [0.1, 0.15) is 27.0 Å². The van der Waals surface area contributed by atoms with E-state index in [0.717, 1.165) is 16.7 Å². The number of carbonyl (C=O) groups is 1. The molecular formula is C22H19NO3. The highest BCUT2D eigenvalue weighted by molar-refractivity contribution is 5.87. The summed E-state index contributed by atoms with van der Waals surface area (Å²) in [5, 5.41) is 8.93. The average Bonchev–Trinajstić information content (AvgIpc) is 2.68. The molecule has 2 aromatic carbocycles. The monoisotopic (exact) mass is 345 g/mol. The molecule has 3 rings (SSSR count). The van der Waals surface area contributed by atoms with E-state index in [9.17, 15) is 4.79 Å². The molecule has 0 bridgehead atoms. The van der Waals surface area contributed by atoms with Crippen molar-refractivity contribution in [2.24, 2.45) is 0 Å². The molecule has 0 radical (unpaired) electrons. The number of hydrogen-bond donors (Lipinski definition) is 1. The number of carboxylic acids is 1. The average molecular weight is 345 g/mol. The van der Waals surface area contributed by atoms with Crippen LogP contribution in [-0.2, 0) is 13.0 Å². The maximum Gasteiger partial charge on any atom is 0.335 e. The summed E-state index contributed by atoms with van der Waals surface area (Å²) in [7, 11) is 0. The fourth-order valence-corrected chi connectivity index (χ4v) is 2.48. The normalized spacial score (nSPS) is 10.8. The molecule has 0 aliphatic rings. The molecule has 1 heterocycles. The molecule has 0 atom stereocenters. The minimum atomic E-state index is -0.914. The highest BCUT2D eigenvalue weighted by Crippen LogP contribution is 2.18. The van der Waals surface area contributed by atoms with Gasteiger partial charge in [-0.15, -0.1) is 0 Å². The van der Waals surface area contributed by atoms with Gasteiger partial charge < -0.3 is 9.84 Å². The van der Waals surface area contributed by atoms with Crippen molar-refractivity contribution in [3.05, 3.63) is 101 Å². The van der Waals surface area contributed by atoms with Crippen LogP contribution < -0.4 is 4.74 Å².